The summed E-state index contributed by atoms with van der Waals surface area (Å²) in [6.07, 6.45) is 1.91. The van der Waals surface area contributed by atoms with Crippen LogP contribution in [0.4, 0.5) is 0 Å². The molecule has 1 heterocycles. The molecule has 1 aromatic heterocycles. The molecule has 152 valence electrons. The summed E-state index contributed by atoms with van der Waals surface area (Å²) in [5, 5.41) is 12.2. The molecule has 5 nitrogen and oxygen atoms in total. The molecular weight excluding hydrogens is 380 g/mol. The number of aromatic nitrogens is 3. The average molecular weight is 409 g/mol. The van der Waals surface area contributed by atoms with Gasteiger partial charge in [-0.25, -0.2) is 0 Å². The van der Waals surface area contributed by atoms with Crippen molar-refractivity contribution in [2.24, 2.45) is 0 Å². The van der Waals surface area contributed by atoms with Crippen molar-refractivity contribution < 1.29 is 4.79 Å². The topological polar surface area (TPSA) is 59.8 Å². The first kappa shape index (κ1) is 21.1. The van der Waals surface area contributed by atoms with E-state index in [1.54, 1.807) is 0 Å². The highest BCUT2D eigenvalue weighted by Crippen LogP contribution is 2.27. The first-order valence-electron chi connectivity index (χ1n) is 10.0. The Morgan fingerprint density at radius 3 is 2.55 bits per heavy atom. The van der Waals surface area contributed by atoms with Gasteiger partial charge in [0.05, 0.1) is 11.3 Å². The molecule has 0 bridgehead atoms. The van der Waals surface area contributed by atoms with Gasteiger partial charge in [0, 0.05) is 5.69 Å². The molecule has 2 aromatic carbocycles. The summed E-state index contributed by atoms with van der Waals surface area (Å²) >= 11 is 1.43. The number of aryl methyl sites for hydroxylation is 2. The van der Waals surface area contributed by atoms with E-state index in [4.69, 9.17) is 0 Å². The van der Waals surface area contributed by atoms with E-state index in [0.29, 0.717) is 0 Å². The van der Waals surface area contributed by atoms with E-state index in [9.17, 15) is 4.79 Å². The normalized spacial score (nSPS) is 13.1. The predicted molar refractivity (Wildman–Crippen MR) is 118 cm³/mol. The minimum absolute atomic E-state index is 0.00810. The SMILES string of the molecule is CCC[C@@H](NC(=O)[C@@H](C)Sc1nnc(C)n1-c1cccc(C)c1)c1ccccc1. The van der Waals surface area contributed by atoms with Crippen molar-refractivity contribution in [2.75, 3.05) is 0 Å². The molecule has 1 N–H and O–H groups in total. The van der Waals surface area contributed by atoms with Gasteiger partial charge in [-0.15, -0.1) is 10.2 Å². The molecule has 0 fully saturated rings. The number of hydrogen-bond donors (Lipinski definition) is 1. The molecule has 2 atom stereocenters. The van der Waals surface area contributed by atoms with Crippen LogP contribution in [0.1, 0.15) is 49.7 Å². The highest BCUT2D eigenvalue weighted by molar-refractivity contribution is 8.00. The number of rotatable bonds is 8. The molecule has 6 heteroatoms. The number of thioether (sulfide) groups is 1. The van der Waals surface area contributed by atoms with E-state index in [1.165, 1.54) is 17.3 Å². The minimum Gasteiger partial charge on any atom is -0.348 e. The molecule has 29 heavy (non-hydrogen) atoms. The molecule has 0 aliphatic rings. The maximum atomic E-state index is 12.9. The number of nitrogens with one attached hydrogen (secondary N) is 1. The number of amides is 1. The number of carbonyl (C=O) groups is 1. The lowest BCUT2D eigenvalue weighted by Gasteiger charge is -2.21. The predicted octanol–water partition coefficient (Wildman–Crippen LogP) is 5.02. The quantitative estimate of drug-likeness (QED) is 0.532. The summed E-state index contributed by atoms with van der Waals surface area (Å²) in [5.41, 5.74) is 3.32. The number of hydrogen-bond acceptors (Lipinski definition) is 4. The minimum atomic E-state index is -0.287. The van der Waals surface area contributed by atoms with Crippen LogP contribution in [-0.2, 0) is 4.79 Å². The lowest BCUT2D eigenvalue weighted by Crippen LogP contribution is -2.34. The zero-order chi connectivity index (χ0) is 20.8. The Balaban J connectivity index is 1.75. The van der Waals surface area contributed by atoms with Crippen molar-refractivity contribution in [1.82, 2.24) is 20.1 Å². The standard InChI is InChI=1S/C23H28N4OS/c1-5-10-21(19-12-7-6-8-13-19)24-22(28)17(3)29-23-26-25-18(4)27(23)20-14-9-11-16(2)15-20/h6-9,11-15,17,21H,5,10H2,1-4H3,(H,24,28)/t17-,21-/m1/s1. The van der Waals surface area contributed by atoms with Gasteiger partial charge < -0.3 is 5.32 Å². The molecule has 3 rings (SSSR count). The monoisotopic (exact) mass is 408 g/mol. The Hall–Kier alpha value is -2.60. The van der Waals surface area contributed by atoms with Crippen molar-refractivity contribution in [2.45, 2.75) is 57.0 Å². The van der Waals surface area contributed by atoms with Crippen molar-refractivity contribution >= 4 is 17.7 Å². The van der Waals surface area contributed by atoms with Crippen molar-refractivity contribution in [1.29, 1.82) is 0 Å². The molecule has 0 saturated carbocycles. The summed E-state index contributed by atoms with van der Waals surface area (Å²) in [6.45, 7) is 8.03. The van der Waals surface area contributed by atoms with Crippen LogP contribution in [0.25, 0.3) is 5.69 Å². The van der Waals surface area contributed by atoms with Crippen LogP contribution < -0.4 is 5.32 Å². The van der Waals surface area contributed by atoms with Gasteiger partial charge in [0.1, 0.15) is 5.82 Å². The van der Waals surface area contributed by atoms with Crippen LogP contribution in [0.3, 0.4) is 0 Å². The van der Waals surface area contributed by atoms with Gasteiger partial charge in [0.15, 0.2) is 5.16 Å². The maximum Gasteiger partial charge on any atom is 0.233 e. The second-order valence-electron chi connectivity index (χ2n) is 7.22. The van der Waals surface area contributed by atoms with Gasteiger partial charge >= 0.3 is 0 Å². The first-order chi connectivity index (χ1) is 14.0. The highest BCUT2D eigenvalue weighted by atomic mass is 32.2. The second kappa shape index (κ2) is 9.74. The molecule has 0 saturated heterocycles. The molecule has 0 spiro atoms. The van der Waals surface area contributed by atoms with Crippen LogP contribution >= 0.6 is 11.8 Å². The zero-order valence-corrected chi connectivity index (χ0v) is 18.2. The third-order valence-electron chi connectivity index (χ3n) is 4.80. The average Bonchev–Trinajstić information content (AvgIpc) is 3.08. The van der Waals surface area contributed by atoms with Crippen molar-refractivity contribution in [3.05, 3.63) is 71.5 Å². The van der Waals surface area contributed by atoms with E-state index in [0.717, 1.165) is 35.1 Å². The van der Waals surface area contributed by atoms with Crippen LogP contribution in [0, 0.1) is 13.8 Å². The summed E-state index contributed by atoms with van der Waals surface area (Å²) < 4.78 is 2.00. The first-order valence-corrected chi connectivity index (χ1v) is 10.9. The Morgan fingerprint density at radius 1 is 1.10 bits per heavy atom. The van der Waals surface area contributed by atoms with Gasteiger partial charge in [0.2, 0.25) is 5.91 Å². The third kappa shape index (κ3) is 5.26. The Kier molecular flexibility index (Phi) is 7.09. The Labute approximate surface area is 176 Å². The van der Waals surface area contributed by atoms with E-state index in [2.05, 4.69) is 53.6 Å². The zero-order valence-electron chi connectivity index (χ0n) is 17.4. The van der Waals surface area contributed by atoms with E-state index >= 15 is 0 Å². The van der Waals surface area contributed by atoms with E-state index < -0.39 is 0 Å². The smallest absolute Gasteiger partial charge is 0.233 e. The van der Waals surface area contributed by atoms with Crippen LogP contribution in [-0.4, -0.2) is 25.9 Å². The molecule has 0 aliphatic carbocycles. The fourth-order valence-electron chi connectivity index (χ4n) is 3.28. The fourth-order valence-corrected chi connectivity index (χ4v) is 4.20. The van der Waals surface area contributed by atoms with Crippen molar-refractivity contribution in [3.8, 4) is 5.69 Å². The van der Waals surface area contributed by atoms with Crippen LogP contribution in [0.2, 0.25) is 0 Å². The summed E-state index contributed by atoms with van der Waals surface area (Å²) in [5.74, 6) is 0.813. The van der Waals surface area contributed by atoms with Gasteiger partial charge in [-0.2, -0.15) is 0 Å². The maximum absolute atomic E-state index is 12.9. The highest BCUT2D eigenvalue weighted by Gasteiger charge is 2.22. The van der Waals surface area contributed by atoms with Gasteiger partial charge in [0.25, 0.3) is 0 Å². The largest absolute Gasteiger partial charge is 0.348 e. The lowest BCUT2D eigenvalue weighted by molar-refractivity contribution is -0.121. The number of benzene rings is 2. The number of carbonyl (C=O) groups excluding carboxylic acids is 1. The molecular formula is C23H28N4OS. The van der Waals surface area contributed by atoms with Gasteiger partial charge in [-0.1, -0.05) is 67.6 Å². The summed E-state index contributed by atoms with van der Waals surface area (Å²) in [6, 6.07) is 18.4. The van der Waals surface area contributed by atoms with E-state index in [1.807, 2.05) is 48.7 Å². The molecule has 0 radical (unpaired) electrons. The van der Waals surface area contributed by atoms with E-state index in [-0.39, 0.29) is 17.2 Å². The summed E-state index contributed by atoms with van der Waals surface area (Å²) in [7, 11) is 0. The lowest BCUT2D eigenvalue weighted by atomic mass is 10.0. The second-order valence-corrected chi connectivity index (χ2v) is 8.53. The molecule has 0 unspecified atom stereocenters. The number of nitrogens with zero attached hydrogens (tertiary/aromatic N) is 3. The van der Waals surface area contributed by atoms with Crippen molar-refractivity contribution in [3.63, 3.8) is 0 Å². The molecule has 3 aromatic rings. The van der Waals surface area contributed by atoms with Gasteiger partial charge in [-0.3, -0.25) is 9.36 Å². The molecule has 0 aliphatic heterocycles. The Morgan fingerprint density at radius 2 is 1.86 bits per heavy atom. The fraction of sp³-hybridized carbons (Fsp3) is 0.348. The van der Waals surface area contributed by atoms with Crippen LogP contribution in [0.15, 0.2) is 59.8 Å². The molecule has 1 amide bonds. The Bertz CT molecular complexity index is 955. The third-order valence-corrected chi connectivity index (χ3v) is 5.84. The van der Waals surface area contributed by atoms with Gasteiger partial charge in [-0.05, 0) is 50.5 Å². The van der Waals surface area contributed by atoms with Crippen LogP contribution in [0.5, 0.6) is 0 Å². The summed E-state index contributed by atoms with van der Waals surface area (Å²) in [4.78, 5) is 12.9.